The molecule has 0 aliphatic heterocycles. The van der Waals surface area contributed by atoms with Gasteiger partial charge in [-0.15, -0.1) is 0 Å². The minimum atomic E-state index is -0.187. The van der Waals surface area contributed by atoms with E-state index in [1.807, 2.05) is 19.9 Å². The largest absolute Gasteiger partial charge is 0.353 e. The summed E-state index contributed by atoms with van der Waals surface area (Å²) in [5.41, 5.74) is 3.52. The fraction of sp³-hybridized carbons (Fsp3) is 0.467. The Labute approximate surface area is 104 Å². The highest BCUT2D eigenvalue weighted by molar-refractivity contribution is 5.42. The zero-order chi connectivity index (χ0) is 12.7. The van der Waals surface area contributed by atoms with Crippen LogP contribution in [-0.2, 0) is 9.47 Å². The topological polar surface area (TPSA) is 18.5 Å². The van der Waals surface area contributed by atoms with Crippen LogP contribution in [0.4, 0.5) is 0 Å². The highest BCUT2D eigenvalue weighted by atomic mass is 16.7. The Hall–Kier alpha value is -1.30. The number of hydrogen-bond donors (Lipinski definition) is 0. The molecule has 0 saturated carbocycles. The second kappa shape index (κ2) is 7.11. The predicted octanol–water partition coefficient (Wildman–Crippen LogP) is 3.05. The summed E-state index contributed by atoms with van der Waals surface area (Å²) in [6.07, 6.45) is -0.187. The van der Waals surface area contributed by atoms with E-state index in [4.69, 9.17) is 9.47 Å². The first kappa shape index (κ1) is 13.8. The maximum Gasteiger partial charge on any atom is 0.156 e. The molecule has 2 heteroatoms. The Bertz CT molecular complexity index is 413. The van der Waals surface area contributed by atoms with Crippen molar-refractivity contribution in [3.05, 3.63) is 34.9 Å². The van der Waals surface area contributed by atoms with Gasteiger partial charge in [-0.25, -0.2) is 0 Å². The molecule has 0 amide bonds. The molecule has 0 spiro atoms. The zero-order valence-electron chi connectivity index (χ0n) is 11.0. The van der Waals surface area contributed by atoms with Crippen LogP contribution in [0.25, 0.3) is 0 Å². The van der Waals surface area contributed by atoms with E-state index in [2.05, 4.69) is 37.8 Å². The van der Waals surface area contributed by atoms with Gasteiger partial charge < -0.3 is 9.47 Å². The molecule has 0 bridgehead atoms. The second-order valence-electron chi connectivity index (χ2n) is 3.95. The molecule has 1 unspecified atom stereocenters. The van der Waals surface area contributed by atoms with Crippen molar-refractivity contribution in [3.8, 4) is 11.8 Å². The molecule has 0 radical (unpaired) electrons. The molecule has 0 aliphatic rings. The number of ether oxygens (including phenoxy) is 2. The van der Waals surface area contributed by atoms with Gasteiger partial charge in [0, 0.05) is 12.2 Å². The predicted molar refractivity (Wildman–Crippen MR) is 69.8 cm³/mol. The Morgan fingerprint density at radius 2 is 2.00 bits per heavy atom. The Morgan fingerprint density at radius 3 is 2.65 bits per heavy atom. The third-order valence-electron chi connectivity index (χ3n) is 2.40. The maximum absolute atomic E-state index is 5.37. The lowest BCUT2D eigenvalue weighted by atomic mass is 10.1. The number of hydrogen-bond acceptors (Lipinski definition) is 2. The van der Waals surface area contributed by atoms with Gasteiger partial charge in [-0.2, -0.15) is 0 Å². The van der Waals surface area contributed by atoms with Gasteiger partial charge in [-0.3, -0.25) is 0 Å². The van der Waals surface area contributed by atoms with Crippen molar-refractivity contribution in [2.75, 3.05) is 13.2 Å². The van der Waals surface area contributed by atoms with Gasteiger partial charge in [0.15, 0.2) is 6.29 Å². The molecule has 2 nitrogen and oxygen atoms in total. The van der Waals surface area contributed by atoms with Gasteiger partial charge in [0.1, 0.15) is 6.61 Å². The van der Waals surface area contributed by atoms with E-state index >= 15 is 0 Å². The zero-order valence-corrected chi connectivity index (χ0v) is 11.0. The lowest BCUT2D eigenvalue weighted by molar-refractivity contribution is -0.117. The third-order valence-corrected chi connectivity index (χ3v) is 2.40. The van der Waals surface area contributed by atoms with Gasteiger partial charge >= 0.3 is 0 Å². The minimum absolute atomic E-state index is 0.187. The van der Waals surface area contributed by atoms with E-state index in [0.717, 1.165) is 5.56 Å². The highest BCUT2D eigenvalue weighted by Gasteiger charge is 1.97. The van der Waals surface area contributed by atoms with E-state index < -0.39 is 0 Å². The van der Waals surface area contributed by atoms with E-state index in [-0.39, 0.29) is 6.29 Å². The average molecular weight is 232 g/mol. The van der Waals surface area contributed by atoms with Crippen LogP contribution in [0.5, 0.6) is 0 Å². The van der Waals surface area contributed by atoms with Crippen LogP contribution >= 0.6 is 0 Å². The lowest BCUT2D eigenvalue weighted by Crippen LogP contribution is -2.12. The summed E-state index contributed by atoms with van der Waals surface area (Å²) in [7, 11) is 0. The maximum atomic E-state index is 5.37. The van der Waals surface area contributed by atoms with Crippen molar-refractivity contribution < 1.29 is 9.47 Å². The first-order chi connectivity index (χ1) is 8.13. The van der Waals surface area contributed by atoms with Crippen LogP contribution in [0.2, 0.25) is 0 Å². The van der Waals surface area contributed by atoms with E-state index in [1.54, 1.807) is 0 Å². The minimum Gasteiger partial charge on any atom is -0.353 e. The summed E-state index contributed by atoms with van der Waals surface area (Å²) >= 11 is 0. The summed E-state index contributed by atoms with van der Waals surface area (Å²) in [6, 6.07) is 6.25. The molecule has 92 valence electrons. The molecule has 0 N–H and O–H groups in total. The van der Waals surface area contributed by atoms with Crippen molar-refractivity contribution in [3.63, 3.8) is 0 Å². The quantitative estimate of drug-likeness (QED) is 0.587. The van der Waals surface area contributed by atoms with Crippen molar-refractivity contribution in [2.45, 2.75) is 34.0 Å². The molecule has 0 aromatic heterocycles. The van der Waals surface area contributed by atoms with E-state index in [1.165, 1.54) is 11.1 Å². The summed E-state index contributed by atoms with van der Waals surface area (Å²) in [6.45, 7) is 9.03. The smallest absolute Gasteiger partial charge is 0.156 e. The van der Waals surface area contributed by atoms with Crippen LogP contribution < -0.4 is 0 Å². The van der Waals surface area contributed by atoms with Crippen LogP contribution in [0.1, 0.15) is 30.5 Å². The summed E-state index contributed by atoms with van der Waals surface area (Å²) in [5.74, 6) is 6.11. The molecular weight excluding hydrogens is 212 g/mol. The Kier molecular flexibility index (Phi) is 5.76. The van der Waals surface area contributed by atoms with Crippen molar-refractivity contribution in [1.82, 2.24) is 0 Å². The standard InChI is InChI=1S/C15H20O2/c1-5-16-14(4)17-10-6-7-15-9-8-12(2)11-13(15)3/h8-9,11,14H,5,10H2,1-4H3. The fourth-order valence-corrected chi connectivity index (χ4v) is 1.53. The fourth-order valence-electron chi connectivity index (χ4n) is 1.53. The summed E-state index contributed by atoms with van der Waals surface area (Å²) in [5, 5.41) is 0. The van der Waals surface area contributed by atoms with Gasteiger partial charge in [0.05, 0.1) is 0 Å². The van der Waals surface area contributed by atoms with Gasteiger partial charge in [0.25, 0.3) is 0 Å². The molecule has 1 aromatic carbocycles. The molecular formula is C15H20O2. The second-order valence-corrected chi connectivity index (χ2v) is 3.95. The van der Waals surface area contributed by atoms with Gasteiger partial charge in [-0.1, -0.05) is 29.5 Å². The molecule has 1 aromatic rings. The summed E-state index contributed by atoms with van der Waals surface area (Å²) < 4.78 is 10.6. The molecule has 1 rings (SSSR count). The monoisotopic (exact) mass is 232 g/mol. The molecule has 17 heavy (non-hydrogen) atoms. The lowest BCUT2D eigenvalue weighted by Gasteiger charge is -2.09. The van der Waals surface area contributed by atoms with Crippen LogP contribution in [0.15, 0.2) is 18.2 Å². The van der Waals surface area contributed by atoms with Gasteiger partial charge in [0.2, 0.25) is 0 Å². The first-order valence-corrected chi connectivity index (χ1v) is 5.92. The van der Waals surface area contributed by atoms with Crippen molar-refractivity contribution in [1.29, 1.82) is 0 Å². The first-order valence-electron chi connectivity index (χ1n) is 5.92. The van der Waals surface area contributed by atoms with E-state index in [9.17, 15) is 0 Å². The molecule has 0 heterocycles. The van der Waals surface area contributed by atoms with Crippen molar-refractivity contribution >= 4 is 0 Å². The number of benzene rings is 1. The molecule has 1 atom stereocenters. The van der Waals surface area contributed by atoms with Crippen LogP contribution in [0.3, 0.4) is 0 Å². The summed E-state index contributed by atoms with van der Waals surface area (Å²) in [4.78, 5) is 0. The number of rotatable bonds is 4. The van der Waals surface area contributed by atoms with Crippen molar-refractivity contribution in [2.24, 2.45) is 0 Å². The number of aryl methyl sites for hydroxylation is 2. The van der Waals surface area contributed by atoms with Crippen LogP contribution in [-0.4, -0.2) is 19.5 Å². The Morgan fingerprint density at radius 1 is 1.24 bits per heavy atom. The molecule has 0 fully saturated rings. The third kappa shape index (κ3) is 5.04. The normalized spacial score (nSPS) is 11.8. The van der Waals surface area contributed by atoms with Crippen LogP contribution in [0, 0.1) is 25.7 Å². The molecule has 0 aliphatic carbocycles. The van der Waals surface area contributed by atoms with Gasteiger partial charge in [-0.05, 0) is 39.3 Å². The molecule has 0 saturated heterocycles. The van der Waals surface area contributed by atoms with E-state index in [0.29, 0.717) is 13.2 Å². The highest BCUT2D eigenvalue weighted by Crippen LogP contribution is 2.08. The SMILES string of the molecule is CCOC(C)OCC#Cc1ccc(C)cc1C. The average Bonchev–Trinajstić information content (AvgIpc) is 2.27. The Balaban J connectivity index is 2.49.